The lowest BCUT2D eigenvalue weighted by atomic mass is 10.4. The molecule has 60 valence electrons. The fourth-order valence-electron chi connectivity index (χ4n) is 0.654. The highest BCUT2D eigenvalue weighted by Gasteiger charge is 2.05. The molecule has 0 radical (unpaired) electrons. The molecule has 0 aliphatic rings. The van der Waals surface area contributed by atoms with Crippen molar-refractivity contribution in [2.24, 2.45) is 0 Å². The number of hydrogen-bond acceptors (Lipinski definition) is 4. The summed E-state index contributed by atoms with van der Waals surface area (Å²) >= 11 is 0. The van der Waals surface area contributed by atoms with Gasteiger partial charge in [0.1, 0.15) is 12.2 Å². The minimum Gasteiger partial charge on any atom is -0.481 e. The lowest BCUT2D eigenvalue weighted by molar-refractivity contribution is -0.136. The summed E-state index contributed by atoms with van der Waals surface area (Å²) in [6.45, 7) is 0. The molecule has 1 rings (SSSR count). The van der Waals surface area contributed by atoms with Gasteiger partial charge in [-0.25, -0.2) is 4.98 Å². The van der Waals surface area contributed by atoms with Crippen molar-refractivity contribution in [2.45, 2.75) is 6.42 Å². The highest BCUT2D eigenvalue weighted by molar-refractivity contribution is 5.69. The van der Waals surface area contributed by atoms with Crippen molar-refractivity contribution in [3.05, 3.63) is 12.0 Å². The number of carbonyl (C=O) groups is 1. The highest BCUT2D eigenvalue weighted by atomic mass is 16.4. The molecule has 5 nitrogen and oxygen atoms in total. The molecule has 0 aromatic carbocycles. The first-order chi connectivity index (χ1) is 5.22. The van der Waals surface area contributed by atoms with Crippen LogP contribution in [0.2, 0.25) is 0 Å². The molecule has 0 saturated heterocycles. The van der Waals surface area contributed by atoms with Crippen LogP contribution in [0.15, 0.2) is 10.6 Å². The van der Waals surface area contributed by atoms with Crippen LogP contribution in [0.1, 0.15) is 5.76 Å². The van der Waals surface area contributed by atoms with E-state index < -0.39 is 5.97 Å². The molecule has 11 heavy (non-hydrogen) atoms. The molecule has 0 unspecified atom stereocenters. The maximum Gasteiger partial charge on any atom is 0.311 e. The molecule has 1 heterocycles. The number of aliphatic carboxylic acids is 1. The van der Waals surface area contributed by atoms with Crippen molar-refractivity contribution in [1.82, 2.24) is 4.98 Å². The molecule has 0 aliphatic carbocycles. The van der Waals surface area contributed by atoms with Gasteiger partial charge in [0.2, 0.25) is 0 Å². The van der Waals surface area contributed by atoms with Gasteiger partial charge in [0.05, 0.1) is 6.20 Å². The third-order valence-corrected chi connectivity index (χ3v) is 1.09. The van der Waals surface area contributed by atoms with Crippen LogP contribution in [0.25, 0.3) is 0 Å². The fraction of sp³-hybridized carbons (Fsp3) is 0.333. The molecule has 1 aromatic rings. The summed E-state index contributed by atoms with van der Waals surface area (Å²) in [5.41, 5.74) is 0. The predicted octanol–water partition coefficient (Wildman–Crippen LogP) is 0.343. The standard InChI is InChI=1S/C6H8N2O3/c1-7-6-8-3-4(11-6)2-5(9)10/h3H,2H2,1H3,(H,7,8)(H,9,10). The number of nitrogens with one attached hydrogen (secondary N) is 1. The number of carboxylic acid groups (broad SMARTS) is 1. The van der Waals surface area contributed by atoms with Gasteiger partial charge in [-0.3, -0.25) is 4.79 Å². The van der Waals surface area contributed by atoms with Crippen LogP contribution < -0.4 is 5.32 Å². The van der Waals surface area contributed by atoms with E-state index >= 15 is 0 Å². The third kappa shape index (κ3) is 1.96. The second-order valence-electron chi connectivity index (χ2n) is 1.95. The molecule has 1 aromatic heterocycles. The zero-order chi connectivity index (χ0) is 8.27. The van der Waals surface area contributed by atoms with Crippen molar-refractivity contribution in [3.63, 3.8) is 0 Å². The lowest BCUT2D eigenvalue weighted by Crippen LogP contribution is -1.98. The van der Waals surface area contributed by atoms with E-state index in [1.165, 1.54) is 6.20 Å². The second kappa shape index (κ2) is 3.05. The Morgan fingerprint density at radius 3 is 3.09 bits per heavy atom. The van der Waals surface area contributed by atoms with E-state index in [4.69, 9.17) is 9.52 Å². The molecule has 2 N–H and O–H groups in total. The lowest BCUT2D eigenvalue weighted by Gasteiger charge is -1.88. The molecule has 0 atom stereocenters. The Labute approximate surface area is 63.0 Å². The molecule has 5 heteroatoms. The van der Waals surface area contributed by atoms with Crippen molar-refractivity contribution >= 4 is 12.0 Å². The van der Waals surface area contributed by atoms with E-state index in [1.807, 2.05) is 0 Å². The minimum absolute atomic E-state index is 0.130. The van der Waals surface area contributed by atoms with Crippen LogP contribution in [0.4, 0.5) is 6.01 Å². The summed E-state index contributed by atoms with van der Waals surface area (Å²) in [7, 11) is 1.65. The van der Waals surface area contributed by atoms with Crippen molar-refractivity contribution < 1.29 is 14.3 Å². The van der Waals surface area contributed by atoms with Gasteiger partial charge in [-0.15, -0.1) is 0 Å². The summed E-state index contributed by atoms with van der Waals surface area (Å²) in [5.74, 6) is -0.578. The van der Waals surface area contributed by atoms with Crippen LogP contribution in [-0.4, -0.2) is 23.1 Å². The largest absolute Gasteiger partial charge is 0.481 e. The summed E-state index contributed by atoms with van der Waals surface area (Å²) in [4.78, 5) is 13.9. The first-order valence-electron chi connectivity index (χ1n) is 3.06. The SMILES string of the molecule is CNc1ncc(CC(=O)O)o1. The van der Waals surface area contributed by atoms with Gasteiger partial charge < -0.3 is 14.8 Å². The number of hydrogen-bond donors (Lipinski definition) is 2. The molecule has 0 amide bonds. The van der Waals surface area contributed by atoms with Crippen LogP contribution in [0, 0.1) is 0 Å². The van der Waals surface area contributed by atoms with Gasteiger partial charge in [-0.1, -0.05) is 0 Å². The van der Waals surface area contributed by atoms with E-state index in [-0.39, 0.29) is 6.42 Å². The van der Waals surface area contributed by atoms with Crippen molar-refractivity contribution in [2.75, 3.05) is 12.4 Å². The second-order valence-corrected chi connectivity index (χ2v) is 1.95. The molecule has 0 fully saturated rings. The van der Waals surface area contributed by atoms with E-state index in [1.54, 1.807) is 7.05 Å². The molecular weight excluding hydrogens is 148 g/mol. The highest BCUT2D eigenvalue weighted by Crippen LogP contribution is 2.07. The average Bonchev–Trinajstić information content (AvgIpc) is 2.34. The summed E-state index contributed by atoms with van der Waals surface area (Å²) in [5, 5.41) is 11.0. The number of anilines is 1. The maximum absolute atomic E-state index is 10.2. The quantitative estimate of drug-likeness (QED) is 0.660. The number of nitrogens with zero attached hydrogens (tertiary/aromatic N) is 1. The Morgan fingerprint density at radius 2 is 2.64 bits per heavy atom. The zero-order valence-electron chi connectivity index (χ0n) is 6.00. The van der Waals surface area contributed by atoms with Gasteiger partial charge in [0, 0.05) is 7.05 Å². The van der Waals surface area contributed by atoms with Crippen LogP contribution in [0.3, 0.4) is 0 Å². The topological polar surface area (TPSA) is 75.4 Å². The van der Waals surface area contributed by atoms with Gasteiger partial charge in [0.25, 0.3) is 6.01 Å². The Bertz CT molecular complexity index is 256. The Balaban J connectivity index is 2.65. The predicted molar refractivity (Wildman–Crippen MR) is 37.4 cm³/mol. The smallest absolute Gasteiger partial charge is 0.311 e. The molecule has 0 spiro atoms. The molecule has 0 aliphatic heterocycles. The van der Waals surface area contributed by atoms with Crippen molar-refractivity contribution in [1.29, 1.82) is 0 Å². The van der Waals surface area contributed by atoms with E-state index in [9.17, 15) is 4.79 Å². The van der Waals surface area contributed by atoms with Crippen LogP contribution >= 0.6 is 0 Å². The number of aromatic nitrogens is 1. The molecule has 0 bridgehead atoms. The van der Waals surface area contributed by atoms with Gasteiger partial charge >= 0.3 is 5.97 Å². The van der Waals surface area contributed by atoms with Gasteiger partial charge in [-0.2, -0.15) is 0 Å². The van der Waals surface area contributed by atoms with E-state index in [2.05, 4.69) is 10.3 Å². The monoisotopic (exact) mass is 156 g/mol. The normalized spacial score (nSPS) is 9.55. The number of oxazole rings is 1. The van der Waals surface area contributed by atoms with E-state index in [0.29, 0.717) is 11.8 Å². The average molecular weight is 156 g/mol. The first-order valence-corrected chi connectivity index (χ1v) is 3.06. The Hall–Kier alpha value is -1.52. The van der Waals surface area contributed by atoms with Gasteiger partial charge in [0.15, 0.2) is 0 Å². The van der Waals surface area contributed by atoms with E-state index in [0.717, 1.165) is 0 Å². The van der Waals surface area contributed by atoms with Gasteiger partial charge in [-0.05, 0) is 0 Å². The third-order valence-electron chi connectivity index (χ3n) is 1.09. The summed E-state index contributed by atoms with van der Waals surface area (Å²) in [6, 6.07) is 0.334. The summed E-state index contributed by atoms with van der Waals surface area (Å²) < 4.78 is 4.94. The number of rotatable bonds is 3. The van der Waals surface area contributed by atoms with Crippen LogP contribution in [-0.2, 0) is 11.2 Å². The summed E-state index contributed by atoms with van der Waals surface area (Å²) in [6.07, 6.45) is 1.26. The molecular formula is C6H8N2O3. The Kier molecular flexibility index (Phi) is 2.10. The maximum atomic E-state index is 10.2. The zero-order valence-corrected chi connectivity index (χ0v) is 6.00. The minimum atomic E-state index is -0.927. The van der Waals surface area contributed by atoms with Crippen molar-refractivity contribution in [3.8, 4) is 0 Å². The fourth-order valence-corrected chi connectivity index (χ4v) is 0.654. The number of carboxylic acids is 1. The Morgan fingerprint density at radius 1 is 1.91 bits per heavy atom. The molecule has 0 saturated carbocycles. The first kappa shape index (κ1) is 7.59. The van der Waals surface area contributed by atoms with Crippen LogP contribution in [0.5, 0.6) is 0 Å².